The van der Waals surface area contributed by atoms with Crippen LogP contribution < -0.4 is 10.0 Å². The number of hydrogen-bond donors (Lipinski definition) is 2. The molecule has 0 amide bonds. The van der Waals surface area contributed by atoms with Crippen LogP contribution in [0.3, 0.4) is 0 Å². The summed E-state index contributed by atoms with van der Waals surface area (Å²) < 4.78 is 28.0. The summed E-state index contributed by atoms with van der Waals surface area (Å²) in [6, 6.07) is 4.32. The van der Waals surface area contributed by atoms with Crippen molar-refractivity contribution < 1.29 is 13.3 Å². The highest BCUT2D eigenvalue weighted by Crippen LogP contribution is 2.26. The van der Waals surface area contributed by atoms with E-state index in [0.29, 0.717) is 26.2 Å². The Balaban J connectivity index is 2.28. The number of hydrogen-bond acceptors (Lipinski definition) is 5. The Morgan fingerprint density at radius 3 is 2.60 bits per heavy atom. The predicted molar refractivity (Wildman–Crippen MR) is 74.8 cm³/mol. The van der Waals surface area contributed by atoms with Crippen LogP contribution in [0.4, 0.5) is 11.4 Å². The lowest BCUT2D eigenvalue weighted by Gasteiger charge is -2.26. The van der Waals surface area contributed by atoms with Crippen molar-refractivity contribution in [2.45, 2.75) is 6.92 Å². The average molecular weight is 300 g/mol. The van der Waals surface area contributed by atoms with Crippen molar-refractivity contribution in [1.82, 2.24) is 9.62 Å². The Kier molecular flexibility index (Phi) is 4.21. The van der Waals surface area contributed by atoms with Crippen molar-refractivity contribution in [2.75, 3.05) is 30.9 Å². The molecule has 0 aromatic heterocycles. The summed E-state index contributed by atoms with van der Waals surface area (Å²) in [4.78, 5) is 10.3. The van der Waals surface area contributed by atoms with Gasteiger partial charge in [0.15, 0.2) is 0 Å². The van der Waals surface area contributed by atoms with Gasteiger partial charge in [-0.25, -0.2) is 0 Å². The Labute approximate surface area is 117 Å². The van der Waals surface area contributed by atoms with Crippen LogP contribution in [0.1, 0.15) is 5.56 Å². The monoisotopic (exact) mass is 300 g/mol. The lowest BCUT2D eigenvalue weighted by Crippen LogP contribution is -2.48. The summed E-state index contributed by atoms with van der Waals surface area (Å²) in [5.74, 6) is 0. The third kappa shape index (κ3) is 3.24. The summed E-state index contributed by atoms with van der Waals surface area (Å²) in [6.45, 7) is 3.56. The number of nitro benzene ring substituents is 1. The second-order valence-electron chi connectivity index (χ2n) is 4.53. The molecular weight excluding hydrogens is 284 g/mol. The molecule has 2 N–H and O–H groups in total. The van der Waals surface area contributed by atoms with E-state index in [0.717, 1.165) is 5.56 Å². The number of aryl methyl sites for hydroxylation is 1. The zero-order valence-electron chi connectivity index (χ0n) is 11.0. The van der Waals surface area contributed by atoms with Gasteiger partial charge in [-0.15, -0.1) is 0 Å². The smallest absolute Gasteiger partial charge is 0.301 e. The molecule has 8 nitrogen and oxygen atoms in total. The van der Waals surface area contributed by atoms with Crippen LogP contribution in [0.15, 0.2) is 18.2 Å². The van der Waals surface area contributed by atoms with E-state index >= 15 is 0 Å². The van der Waals surface area contributed by atoms with Gasteiger partial charge in [0.1, 0.15) is 5.69 Å². The van der Waals surface area contributed by atoms with E-state index in [4.69, 9.17) is 0 Å². The van der Waals surface area contributed by atoms with Crippen LogP contribution in [0.25, 0.3) is 0 Å². The van der Waals surface area contributed by atoms with Crippen molar-refractivity contribution >= 4 is 21.6 Å². The van der Waals surface area contributed by atoms with Crippen molar-refractivity contribution in [3.05, 3.63) is 33.9 Å². The number of anilines is 1. The molecule has 0 radical (unpaired) electrons. The SMILES string of the molecule is Cc1ccc([N+](=O)[O-])c(NS(=O)(=O)N2CCNCC2)c1. The molecule has 20 heavy (non-hydrogen) atoms. The summed E-state index contributed by atoms with van der Waals surface area (Å²) in [5, 5.41) is 14.0. The standard InChI is InChI=1S/C11H16N4O4S/c1-9-2-3-11(15(16)17)10(8-9)13-20(18,19)14-6-4-12-5-7-14/h2-3,8,12-13H,4-7H2,1H3. The fourth-order valence-electron chi connectivity index (χ4n) is 1.98. The number of nitrogens with zero attached hydrogens (tertiary/aromatic N) is 2. The van der Waals surface area contributed by atoms with Crippen LogP contribution in [0.5, 0.6) is 0 Å². The first-order valence-corrected chi connectivity index (χ1v) is 7.58. The molecule has 0 unspecified atom stereocenters. The highest BCUT2D eigenvalue weighted by atomic mass is 32.2. The van der Waals surface area contributed by atoms with E-state index in [-0.39, 0.29) is 11.4 Å². The normalized spacial score (nSPS) is 16.9. The molecule has 0 atom stereocenters. The fourth-order valence-corrected chi connectivity index (χ4v) is 3.21. The van der Waals surface area contributed by atoms with Gasteiger partial charge in [0.25, 0.3) is 5.69 Å². The Morgan fingerprint density at radius 2 is 2.00 bits per heavy atom. The Morgan fingerprint density at radius 1 is 1.35 bits per heavy atom. The van der Waals surface area contributed by atoms with Crippen molar-refractivity contribution in [1.29, 1.82) is 0 Å². The first-order valence-electron chi connectivity index (χ1n) is 6.14. The van der Waals surface area contributed by atoms with Gasteiger partial charge in [0.05, 0.1) is 4.92 Å². The molecule has 1 aliphatic heterocycles. The predicted octanol–water partition coefficient (Wildman–Crippen LogP) is 0.465. The largest absolute Gasteiger partial charge is 0.314 e. The first kappa shape index (κ1) is 14.7. The third-order valence-corrected chi connectivity index (χ3v) is 4.53. The van der Waals surface area contributed by atoms with Crippen molar-refractivity contribution in [3.8, 4) is 0 Å². The molecule has 0 aliphatic carbocycles. The summed E-state index contributed by atoms with van der Waals surface area (Å²) in [6.07, 6.45) is 0. The van der Waals surface area contributed by atoms with E-state index in [1.165, 1.54) is 16.4 Å². The second-order valence-corrected chi connectivity index (χ2v) is 6.20. The molecule has 1 heterocycles. The highest BCUT2D eigenvalue weighted by molar-refractivity contribution is 7.90. The molecule has 0 spiro atoms. The first-order chi connectivity index (χ1) is 9.40. The number of benzene rings is 1. The molecule has 0 saturated carbocycles. The van der Waals surface area contributed by atoms with Crippen LogP contribution in [-0.2, 0) is 10.2 Å². The van der Waals surface area contributed by atoms with Crippen molar-refractivity contribution in [3.63, 3.8) is 0 Å². The van der Waals surface area contributed by atoms with Gasteiger partial charge in [0, 0.05) is 32.2 Å². The lowest BCUT2D eigenvalue weighted by atomic mass is 10.2. The molecule has 9 heteroatoms. The molecule has 110 valence electrons. The number of nitrogens with one attached hydrogen (secondary N) is 2. The number of rotatable bonds is 4. The molecule has 1 aliphatic rings. The fraction of sp³-hybridized carbons (Fsp3) is 0.455. The maximum absolute atomic E-state index is 12.2. The van der Waals surface area contributed by atoms with E-state index in [2.05, 4.69) is 10.0 Å². The topological polar surface area (TPSA) is 105 Å². The van der Waals surface area contributed by atoms with Crippen LogP contribution in [0.2, 0.25) is 0 Å². The molecule has 1 aromatic carbocycles. The quantitative estimate of drug-likeness (QED) is 0.621. The van der Waals surface area contributed by atoms with Gasteiger partial charge < -0.3 is 5.32 Å². The minimum Gasteiger partial charge on any atom is -0.314 e. The lowest BCUT2D eigenvalue weighted by molar-refractivity contribution is -0.383. The van der Waals surface area contributed by atoms with Gasteiger partial charge in [-0.2, -0.15) is 12.7 Å². The molecular formula is C11H16N4O4S. The van der Waals surface area contributed by atoms with E-state index < -0.39 is 15.1 Å². The minimum atomic E-state index is -3.77. The molecule has 1 fully saturated rings. The summed E-state index contributed by atoms with van der Waals surface area (Å²) in [7, 11) is -3.77. The van der Waals surface area contributed by atoms with Crippen LogP contribution in [0, 0.1) is 17.0 Å². The molecule has 2 rings (SSSR count). The number of piperazine rings is 1. The van der Waals surface area contributed by atoms with Gasteiger partial charge >= 0.3 is 10.2 Å². The highest BCUT2D eigenvalue weighted by Gasteiger charge is 2.26. The summed E-state index contributed by atoms with van der Waals surface area (Å²) >= 11 is 0. The zero-order chi connectivity index (χ0) is 14.8. The van der Waals surface area contributed by atoms with E-state index in [1.807, 2.05) is 0 Å². The van der Waals surface area contributed by atoms with Gasteiger partial charge in [-0.1, -0.05) is 6.07 Å². The van der Waals surface area contributed by atoms with Crippen LogP contribution in [-0.4, -0.2) is 43.8 Å². The molecule has 1 aromatic rings. The number of nitro groups is 1. The third-order valence-electron chi connectivity index (χ3n) is 3.00. The maximum atomic E-state index is 12.2. The molecule has 0 bridgehead atoms. The Hall–Kier alpha value is -1.71. The van der Waals surface area contributed by atoms with E-state index in [9.17, 15) is 18.5 Å². The minimum absolute atomic E-state index is 0.00599. The Bertz CT molecular complexity index is 611. The second kappa shape index (κ2) is 5.73. The van der Waals surface area contributed by atoms with E-state index in [1.54, 1.807) is 13.0 Å². The van der Waals surface area contributed by atoms with Gasteiger partial charge in [-0.3, -0.25) is 14.8 Å². The van der Waals surface area contributed by atoms with Gasteiger partial charge in [-0.05, 0) is 18.6 Å². The molecule has 1 saturated heterocycles. The van der Waals surface area contributed by atoms with Crippen molar-refractivity contribution in [2.24, 2.45) is 0 Å². The van der Waals surface area contributed by atoms with Crippen LogP contribution >= 0.6 is 0 Å². The average Bonchev–Trinajstić information content (AvgIpc) is 2.39. The van der Waals surface area contributed by atoms with Gasteiger partial charge in [0.2, 0.25) is 0 Å². The maximum Gasteiger partial charge on any atom is 0.301 e. The zero-order valence-corrected chi connectivity index (χ0v) is 11.8. The summed E-state index contributed by atoms with van der Waals surface area (Å²) in [5.41, 5.74) is 0.483.